The molecule has 1 fully saturated rings. The van der Waals surface area contributed by atoms with E-state index in [0.29, 0.717) is 41.5 Å². The standard InChI is InChI=1S/C25H29ClN6O4/c26-24-20-6-7-32(11-16(20)4-5-22(24)35-13-19-10-27-15-36-19)12-18(33)9-28-25(34)21-8-23(30-14-29-21)31-17-2-1-3-17/h4-5,8,10,14-15,17-18,33H,1-3,6-7,9,11-13H2,(H,28,34)(H,29,30,31). The first kappa shape index (κ1) is 24.5. The molecule has 3 aromatic rings. The summed E-state index contributed by atoms with van der Waals surface area (Å²) in [7, 11) is 0. The number of nitrogens with zero attached hydrogens (tertiary/aromatic N) is 4. The molecule has 1 unspecified atom stereocenters. The lowest BCUT2D eigenvalue weighted by Crippen LogP contribution is -2.42. The molecule has 1 aliphatic heterocycles. The molecule has 0 saturated heterocycles. The van der Waals surface area contributed by atoms with Gasteiger partial charge >= 0.3 is 0 Å². The van der Waals surface area contributed by atoms with Gasteiger partial charge in [0, 0.05) is 38.3 Å². The Morgan fingerprint density at radius 1 is 1.33 bits per heavy atom. The molecule has 2 aliphatic rings. The van der Waals surface area contributed by atoms with E-state index < -0.39 is 6.10 Å². The highest BCUT2D eigenvalue weighted by molar-refractivity contribution is 6.33. The number of β-amino-alcohol motifs (C(OH)–C–C–N with tert-alkyl or cyclic N) is 1. The van der Waals surface area contributed by atoms with Crippen molar-refractivity contribution >= 4 is 23.3 Å². The van der Waals surface area contributed by atoms with Crippen LogP contribution in [0.25, 0.3) is 0 Å². The SMILES string of the molecule is O=C(NCC(O)CN1CCc2c(ccc(OCc3cnco3)c2Cl)C1)c1cc(NC2CCC2)ncn1. The number of ether oxygens (including phenoxy) is 1. The van der Waals surface area contributed by atoms with Crippen LogP contribution in [0.2, 0.25) is 5.02 Å². The van der Waals surface area contributed by atoms with E-state index in [1.165, 1.54) is 19.1 Å². The second-order valence-corrected chi connectivity index (χ2v) is 9.56. The lowest BCUT2D eigenvalue weighted by atomic mass is 9.93. The second-order valence-electron chi connectivity index (χ2n) is 9.18. The van der Waals surface area contributed by atoms with E-state index in [-0.39, 0.29) is 24.8 Å². The summed E-state index contributed by atoms with van der Waals surface area (Å²) in [6.45, 7) is 2.22. The number of aliphatic hydroxyl groups excluding tert-OH is 1. The summed E-state index contributed by atoms with van der Waals surface area (Å²) in [5.74, 6) is 1.56. The first-order valence-electron chi connectivity index (χ1n) is 12.1. The Kier molecular flexibility index (Phi) is 7.64. The first-order valence-corrected chi connectivity index (χ1v) is 12.5. The van der Waals surface area contributed by atoms with Gasteiger partial charge in [-0.1, -0.05) is 17.7 Å². The molecule has 190 valence electrons. The zero-order valence-corrected chi connectivity index (χ0v) is 20.6. The second kappa shape index (κ2) is 11.2. The molecule has 3 heterocycles. The molecule has 0 radical (unpaired) electrons. The number of halogens is 1. The number of aromatic nitrogens is 3. The van der Waals surface area contributed by atoms with E-state index in [2.05, 4.69) is 30.5 Å². The van der Waals surface area contributed by atoms with E-state index >= 15 is 0 Å². The number of nitrogens with one attached hydrogen (secondary N) is 2. The van der Waals surface area contributed by atoms with E-state index in [0.717, 1.165) is 36.9 Å². The number of carbonyl (C=O) groups is 1. The molecular weight excluding hydrogens is 484 g/mol. The minimum atomic E-state index is -0.718. The Morgan fingerprint density at radius 3 is 3.00 bits per heavy atom. The van der Waals surface area contributed by atoms with Gasteiger partial charge in [0.2, 0.25) is 0 Å². The number of aliphatic hydroxyl groups is 1. The predicted octanol–water partition coefficient (Wildman–Crippen LogP) is 2.81. The summed E-state index contributed by atoms with van der Waals surface area (Å²) in [6, 6.07) is 5.92. The minimum absolute atomic E-state index is 0.132. The number of hydrogen-bond donors (Lipinski definition) is 3. The lowest BCUT2D eigenvalue weighted by Gasteiger charge is -2.31. The van der Waals surface area contributed by atoms with Gasteiger partial charge in [-0.25, -0.2) is 15.0 Å². The molecule has 3 N–H and O–H groups in total. The minimum Gasteiger partial charge on any atom is -0.484 e. The normalized spacial score (nSPS) is 16.6. The zero-order valence-electron chi connectivity index (χ0n) is 19.8. The van der Waals surface area contributed by atoms with Crippen molar-refractivity contribution in [2.24, 2.45) is 0 Å². The Morgan fingerprint density at radius 2 is 2.22 bits per heavy atom. The van der Waals surface area contributed by atoms with E-state index in [1.54, 1.807) is 12.3 Å². The van der Waals surface area contributed by atoms with Crippen LogP contribution in [0.5, 0.6) is 5.75 Å². The fourth-order valence-corrected chi connectivity index (χ4v) is 4.70. The largest absolute Gasteiger partial charge is 0.484 e. The molecule has 1 aliphatic carbocycles. The summed E-state index contributed by atoms with van der Waals surface area (Å²) in [5.41, 5.74) is 2.43. The highest BCUT2D eigenvalue weighted by Gasteiger charge is 2.23. The topological polar surface area (TPSA) is 126 Å². The molecule has 36 heavy (non-hydrogen) atoms. The van der Waals surface area contributed by atoms with Gasteiger partial charge in [-0.15, -0.1) is 0 Å². The molecule has 1 saturated carbocycles. The van der Waals surface area contributed by atoms with Crippen molar-refractivity contribution in [3.05, 3.63) is 64.7 Å². The van der Waals surface area contributed by atoms with Crippen LogP contribution in [0.1, 0.15) is 46.6 Å². The number of carbonyl (C=O) groups excluding carboxylic acids is 1. The predicted molar refractivity (Wildman–Crippen MR) is 133 cm³/mol. The Labute approximate surface area is 214 Å². The third kappa shape index (κ3) is 5.95. The summed E-state index contributed by atoms with van der Waals surface area (Å²) < 4.78 is 11.0. The van der Waals surface area contributed by atoms with Crippen LogP contribution in [-0.2, 0) is 19.6 Å². The highest BCUT2D eigenvalue weighted by Crippen LogP contribution is 2.34. The van der Waals surface area contributed by atoms with Crippen LogP contribution in [0.3, 0.4) is 0 Å². The molecule has 1 atom stereocenters. The van der Waals surface area contributed by atoms with Crippen molar-refractivity contribution in [3.63, 3.8) is 0 Å². The molecule has 0 bridgehead atoms. The van der Waals surface area contributed by atoms with Gasteiger partial charge in [-0.05, 0) is 42.9 Å². The van der Waals surface area contributed by atoms with Crippen molar-refractivity contribution in [1.82, 2.24) is 25.2 Å². The van der Waals surface area contributed by atoms with E-state index in [9.17, 15) is 9.90 Å². The average Bonchev–Trinajstić information content (AvgIpc) is 3.38. The molecule has 11 heteroatoms. The van der Waals surface area contributed by atoms with Crippen molar-refractivity contribution in [3.8, 4) is 5.75 Å². The number of amides is 1. The van der Waals surface area contributed by atoms with E-state index in [1.807, 2.05) is 12.1 Å². The summed E-state index contributed by atoms with van der Waals surface area (Å²) in [5, 5.41) is 17.2. The number of oxazole rings is 1. The van der Waals surface area contributed by atoms with Crippen molar-refractivity contribution in [2.45, 2.75) is 51.0 Å². The Hall–Kier alpha value is -3.21. The van der Waals surface area contributed by atoms with Crippen LogP contribution in [0.15, 0.2) is 41.5 Å². The maximum Gasteiger partial charge on any atom is 0.270 e. The quantitative estimate of drug-likeness (QED) is 0.376. The number of anilines is 1. The van der Waals surface area contributed by atoms with Crippen LogP contribution in [0.4, 0.5) is 5.82 Å². The number of fused-ring (bicyclic) bond motifs is 1. The zero-order chi connectivity index (χ0) is 24.9. The van der Waals surface area contributed by atoms with Crippen molar-refractivity contribution in [2.75, 3.05) is 25.0 Å². The van der Waals surface area contributed by atoms with Gasteiger partial charge in [0.25, 0.3) is 5.91 Å². The van der Waals surface area contributed by atoms with Crippen LogP contribution in [-0.4, -0.2) is 62.6 Å². The maximum absolute atomic E-state index is 12.5. The summed E-state index contributed by atoms with van der Waals surface area (Å²) >= 11 is 6.61. The molecule has 0 spiro atoms. The summed E-state index contributed by atoms with van der Waals surface area (Å²) in [4.78, 5) is 26.8. The lowest BCUT2D eigenvalue weighted by molar-refractivity contribution is 0.0838. The number of hydrogen-bond acceptors (Lipinski definition) is 9. The van der Waals surface area contributed by atoms with Gasteiger partial charge in [-0.3, -0.25) is 9.69 Å². The van der Waals surface area contributed by atoms with E-state index in [4.69, 9.17) is 20.8 Å². The van der Waals surface area contributed by atoms with Crippen LogP contribution >= 0.6 is 11.6 Å². The number of rotatable bonds is 10. The molecule has 1 amide bonds. The van der Waals surface area contributed by atoms with Crippen LogP contribution < -0.4 is 15.4 Å². The average molecular weight is 513 g/mol. The maximum atomic E-state index is 12.5. The molecule has 1 aromatic carbocycles. The molecular formula is C25H29ClN6O4. The van der Waals surface area contributed by atoms with Gasteiger partial charge < -0.3 is 24.9 Å². The van der Waals surface area contributed by atoms with Gasteiger partial charge in [0.1, 0.15) is 30.2 Å². The highest BCUT2D eigenvalue weighted by atomic mass is 35.5. The van der Waals surface area contributed by atoms with Gasteiger partial charge in [-0.2, -0.15) is 0 Å². The monoisotopic (exact) mass is 512 g/mol. The Bertz CT molecular complexity index is 1190. The third-order valence-corrected chi connectivity index (χ3v) is 6.97. The Balaban J connectivity index is 1.10. The van der Waals surface area contributed by atoms with Crippen molar-refractivity contribution < 1.29 is 19.1 Å². The van der Waals surface area contributed by atoms with Crippen LogP contribution in [0, 0.1) is 0 Å². The fourth-order valence-electron chi connectivity index (χ4n) is 4.36. The molecule has 2 aromatic heterocycles. The molecule has 10 nitrogen and oxygen atoms in total. The fraction of sp³-hybridized carbons (Fsp3) is 0.440. The molecule has 5 rings (SSSR count). The number of benzene rings is 1. The van der Waals surface area contributed by atoms with Gasteiger partial charge in [0.15, 0.2) is 12.2 Å². The van der Waals surface area contributed by atoms with Gasteiger partial charge in [0.05, 0.1) is 17.3 Å². The first-order chi connectivity index (χ1) is 17.5. The third-order valence-electron chi connectivity index (χ3n) is 6.55. The smallest absolute Gasteiger partial charge is 0.270 e. The van der Waals surface area contributed by atoms with Crippen molar-refractivity contribution in [1.29, 1.82) is 0 Å². The summed E-state index contributed by atoms with van der Waals surface area (Å²) in [6.07, 6.45) is 7.82.